The molecular weight excluding hydrogens is 255 g/mol. The summed E-state index contributed by atoms with van der Waals surface area (Å²) in [4.78, 5) is 4.30. The van der Waals surface area contributed by atoms with Crippen LogP contribution in [0.2, 0.25) is 5.02 Å². The van der Waals surface area contributed by atoms with Gasteiger partial charge in [0.15, 0.2) is 11.5 Å². The average molecular weight is 271 g/mol. The maximum absolute atomic E-state index is 13.2. The van der Waals surface area contributed by atoms with Crippen molar-refractivity contribution in [2.45, 2.75) is 26.2 Å². The molecule has 5 heteroatoms. The summed E-state index contributed by atoms with van der Waals surface area (Å²) in [5.74, 6) is 0.671. The third kappa shape index (κ3) is 3.00. The van der Waals surface area contributed by atoms with Crippen molar-refractivity contribution in [1.82, 2.24) is 4.98 Å². The SMILES string of the molecule is CC(CCN)CCc1nc2cc(Cl)c(F)cc2o1. The lowest BCUT2D eigenvalue weighted by atomic mass is 10.0. The van der Waals surface area contributed by atoms with Crippen LogP contribution in [0.15, 0.2) is 16.5 Å². The van der Waals surface area contributed by atoms with Crippen LogP contribution in [-0.2, 0) is 6.42 Å². The van der Waals surface area contributed by atoms with Crippen molar-refractivity contribution in [2.75, 3.05) is 6.54 Å². The third-order valence-electron chi connectivity index (χ3n) is 2.99. The molecule has 2 rings (SSSR count). The summed E-state index contributed by atoms with van der Waals surface area (Å²) in [5.41, 5.74) is 6.54. The molecule has 0 bridgehead atoms. The van der Waals surface area contributed by atoms with Crippen LogP contribution in [0.3, 0.4) is 0 Å². The van der Waals surface area contributed by atoms with E-state index >= 15 is 0 Å². The monoisotopic (exact) mass is 270 g/mol. The predicted molar refractivity (Wildman–Crippen MR) is 70.1 cm³/mol. The Labute approximate surface area is 110 Å². The van der Waals surface area contributed by atoms with Gasteiger partial charge in [0.05, 0.1) is 5.02 Å². The van der Waals surface area contributed by atoms with Gasteiger partial charge in [0.1, 0.15) is 11.3 Å². The van der Waals surface area contributed by atoms with E-state index in [0.29, 0.717) is 29.5 Å². The second kappa shape index (κ2) is 5.67. The van der Waals surface area contributed by atoms with Gasteiger partial charge < -0.3 is 10.2 Å². The molecule has 0 aliphatic heterocycles. The van der Waals surface area contributed by atoms with E-state index in [1.807, 2.05) is 0 Å². The maximum atomic E-state index is 13.2. The van der Waals surface area contributed by atoms with Gasteiger partial charge in [0.2, 0.25) is 0 Å². The Morgan fingerprint density at radius 2 is 2.22 bits per heavy atom. The molecule has 18 heavy (non-hydrogen) atoms. The Balaban J connectivity index is 2.10. The lowest BCUT2D eigenvalue weighted by molar-refractivity contribution is 0.450. The second-order valence-electron chi connectivity index (χ2n) is 4.56. The van der Waals surface area contributed by atoms with E-state index in [2.05, 4.69) is 11.9 Å². The minimum atomic E-state index is -0.483. The number of oxazole rings is 1. The standard InChI is InChI=1S/C13H16ClFN2O/c1-8(4-5-16)2-3-13-17-11-6-9(14)10(15)7-12(11)18-13/h6-8H,2-5,16H2,1H3. The molecule has 0 amide bonds. The zero-order valence-electron chi connectivity index (χ0n) is 10.2. The van der Waals surface area contributed by atoms with Gasteiger partial charge in [-0.1, -0.05) is 18.5 Å². The highest BCUT2D eigenvalue weighted by atomic mass is 35.5. The van der Waals surface area contributed by atoms with Crippen LogP contribution in [0.1, 0.15) is 25.7 Å². The molecular formula is C13H16ClFN2O. The van der Waals surface area contributed by atoms with E-state index in [1.54, 1.807) is 0 Å². The van der Waals surface area contributed by atoms with Crippen molar-refractivity contribution < 1.29 is 8.81 Å². The molecule has 1 atom stereocenters. The van der Waals surface area contributed by atoms with Gasteiger partial charge in [-0.2, -0.15) is 0 Å². The third-order valence-corrected chi connectivity index (χ3v) is 3.27. The molecule has 2 aromatic rings. The van der Waals surface area contributed by atoms with Crippen molar-refractivity contribution in [3.8, 4) is 0 Å². The fraction of sp³-hybridized carbons (Fsp3) is 0.462. The molecule has 1 heterocycles. The summed E-state index contributed by atoms with van der Waals surface area (Å²) in [6.07, 6.45) is 2.68. The molecule has 1 aromatic carbocycles. The van der Waals surface area contributed by atoms with Crippen LogP contribution in [0.25, 0.3) is 11.1 Å². The molecule has 0 radical (unpaired) electrons. The first-order chi connectivity index (χ1) is 8.60. The summed E-state index contributed by atoms with van der Waals surface area (Å²) >= 11 is 5.70. The minimum absolute atomic E-state index is 0.0684. The zero-order chi connectivity index (χ0) is 13.1. The number of hydrogen-bond acceptors (Lipinski definition) is 3. The number of halogens is 2. The number of hydrogen-bond donors (Lipinski definition) is 1. The van der Waals surface area contributed by atoms with Gasteiger partial charge in [0.25, 0.3) is 0 Å². The Bertz CT molecular complexity index is 502. The highest BCUT2D eigenvalue weighted by Gasteiger charge is 2.11. The number of rotatable bonds is 5. The van der Waals surface area contributed by atoms with Crippen LogP contribution in [0.5, 0.6) is 0 Å². The Kier molecular flexibility index (Phi) is 4.19. The van der Waals surface area contributed by atoms with Crippen molar-refractivity contribution in [1.29, 1.82) is 0 Å². The largest absolute Gasteiger partial charge is 0.441 e. The van der Waals surface area contributed by atoms with Gasteiger partial charge >= 0.3 is 0 Å². The first-order valence-corrected chi connectivity index (χ1v) is 6.42. The molecule has 1 unspecified atom stereocenters. The van der Waals surface area contributed by atoms with E-state index in [1.165, 1.54) is 12.1 Å². The number of fused-ring (bicyclic) bond motifs is 1. The molecule has 0 aliphatic rings. The molecule has 1 aromatic heterocycles. The van der Waals surface area contributed by atoms with Crippen molar-refractivity contribution in [3.63, 3.8) is 0 Å². The number of aromatic nitrogens is 1. The normalized spacial score (nSPS) is 13.1. The van der Waals surface area contributed by atoms with E-state index in [-0.39, 0.29) is 5.02 Å². The van der Waals surface area contributed by atoms with Crippen LogP contribution in [-0.4, -0.2) is 11.5 Å². The van der Waals surface area contributed by atoms with E-state index < -0.39 is 5.82 Å². The number of benzene rings is 1. The number of aryl methyl sites for hydroxylation is 1. The quantitative estimate of drug-likeness (QED) is 0.904. The molecule has 2 N–H and O–H groups in total. The summed E-state index contributed by atoms with van der Waals surface area (Å²) in [7, 11) is 0. The first-order valence-electron chi connectivity index (χ1n) is 6.04. The molecule has 0 fully saturated rings. The van der Waals surface area contributed by atoms with E-state index in [0.717, 1.165) is 19.3 Å². The Hall–Kier alpha value is -1.13. The smallest absolute Gasteiger partial charge is 0.195 e. The fourth-order valence-corrected chi connectivity index (χ4v) is 2.03. The minimum Gasteiger partial charge on any atom is -0.441 e. The van der Waals surface area contributed by atoms with E-state index in [4.69, 9.17) is 21.8 Å². The Morgan fingerprint density at radius 3 is 2.94 bits per heavy atom. The topological polar surface area (TPSA) is 52.0 Å². The molecule has 0 saturated heterocycles. The lowest BCUT2D eigenvalue weighted by Crippen LogP contribution is -2.06. The van der Waals surface area contributed by atoms with Crippen LogP contribution in [0.4, 0.5) is 4.39 Å². The van der Waals surface area contributed by atoms with Crippen molar-refractivity contribution in [2.24, 2.45) is 11.7 Å². The highest BCUT2D eigenvalue weighted by Crippen LogP contribution is 2.24. The highest BCUT2D eigenvalue weighted by molar-refractivity contribution is 6.31. The van der Waals surface area contributed by atoms with Gasteiger partial charge in [-0.15, -0.1) is 0 Å². The maximum Gasteiger partial charge on any atom is 0.195 e. The summed E-state index contributed by atoms with van der Waals surface area (Å²) in [5, 5.41) is 0.0684. The zero-order valence-corrected chi connectivity index (χ0v) is 11.0. The second-order valence-corrected chi connectivity index (χ2v) is 4.97. The molecule has 0 spiro atoms. The Morgan fingerprint density at radius 1 is 1.44 bits per heavy atom. The number of nitrogens with two attached hydrogens (primary N) is 1. The number of nitrogens with zero attached hydrogens (tertiary/aromatic N) is 1. The molecule has 0 saturated carbocycles. The van der Waals surface area contributed by atoms with Gasteiger partial charge in [0, 0.05) is 12.5 Å². The van der Waals surface area contributed by atoms with Gasteiger partial charge in [-0.3, -0.25) is 0 Å². The summed E-state index contributed by atoms with van der Waals surface area (Å²) in [6.45, 7) is 2.83. The van der Waals surface area contributed by atoms with E-state index in [9.17, 15) is 4.39 Å². The lowest BCUT2D eigenvalue weighted by Gasteiger charge is -2.06. The van der Waals surface area contributed by atoms with Crippen LogP contribution in [0, 0.1) is 11.7 Å². The molecule has 0 aliphatic carbocycles. The summed E-state index contributed by atoms with van der Waals surface area (Å²) < 4.78 is 18.7. The fourth-order valence-electron chi connectivity index (χ4n) is 1.88. The van der Waals surface area contributed by atoms with Gasteiger partial charge in [-0.05, 0) is 31.4 Å². The first kappa shape index (κ1) is 13.3. The summed E-state index contributed by atoms with van der Waals surface area (Å²) in [6, 6.07) is 2.76. The van der Waals surface area contributed by atoms with Crippen LogP contribution < -0.4 is 5.73 Å². The average Bonchev–Trinajstić information content (AvgIpc) is 2.69. The van der Waals surface area contributed by atoms with Crippen LogP contribution >= 0.6 is 11.6 Å². The molecule has 98 valence electrons. The van der Waals surface area contributed by atoms with Gasteiger partial charge in [-0.25, -0.2) is 9.37 Å². The predicted octanol–water partition coefficient (Wildman–Crippen LogP) is 3.54. The van der Waals surface area contributed by atoms with Crippen molar-refractivity contribution in [3.05, 3.63) is 28.9 Å². The van der Waals surface area contributed by atoms with Crippen molar-refractivity contribution >= 4 is 22.7 Å². The molecule has 3 nitrogen and oxygen atoms in total.